The van der Waals surface area contributed by atoms with Crippen LogP contribution in [0.15, 0.2) is 4.90 Å². The normalized spacial score (nSPS) is 15.9. The summed E-state index contributed by atoms with van der Waals surface area (Å²) in [6.45, 7) is 4.34. The van der Waals surface area contributed by atoms with E-state index in [-0.39, 0.29) is 5.91 Å². The van der Waals surface area contributed by atoms with E-state index >= 15 is 0 Å². The third kappa shape index (κ3) is 4.05. The fraction of sp³-hybridized carbons (Fsp3) is 0.643. The Labute approximate surface area is 134 Å². The molecule has 0 aliphatic carbocycles. The molecule has 5 nitrogen and oxygen atoms in total. The van der Waals surface area contributed by atoms with Crippen molar-refractivity contribution >= 4 is 39.7 Å². The van der Waals surface area contributed by atoms with Crippen LogP contribution in [-0.4, -0.2) is 50.3 Å². The van der Waals surface area contributed by atoms with Crippen LogP contribution in [0.25, 0.3) is 0 Å². The van der Waals surface area contributed by atoms with Gasteiger partial charge in [0.15, 0.2) is 0 Å². The van der Waals surface area contributed by atoms with Gasteiger partial charge in [-0.1, -0.05) is 6.42 Å². The van der Waals surface area contributed by atoms with Crippen molar-refractivity contribution in [2.75, 3.05) is 50.5 Å². The van der Waals surface area contributed by atoms with Crippen LogP contribution in [0.2, 0.25) is 0 Å². The molecule has 21 heavy (non-hydrogen) atoms. The molecule has 2 heterocycles. The highest BCUT2D eigenvalue weighted by Gasteiger charge is 2.20. The third-order valence-electron chi connectivity index (χ3n) is 3.70. The van der Waals surface area contributed by atoms with Crippen LogP contribution in [0.1, 0.15) is 28.9 Å². The van der Waals surface area contributed by atoms with E-state index in [2.05, 4.69) is 15.5 Å². The van der Waals surface area contributed by atoms with Crippen LogP contribution in [0.4, 0.5) is 10.7 Å². The van der Waals surface area contributed by atoms with Gasteiger partial charge in [0.2, 0.25) is 0 Å². The molecule has 0 saturated carbocycles. The Hall–Kier alpha value is -0.920. The van der Waals surface area contributed by atoms with Crippen LogP contribution in [0.3, 0.4) is 0 Å². The molecule has 2 rings (SSSR count). The zero-order chi connectivity index (χ0) is 15.2. The predicted octanol–water partition coefficient (Wildman–Crippen LogP) is 2.31. The van der Waals surface area contributed by atoms with Gasteiger partial charge in [-0.2, -0.15) is 0 Å². The van der Waals surface area contributed by atoms with Crippen molar-refractivity contribution in [1.29, 1.82) is 0 Å². The summed E-state index contributed by atoms with van der Waals surface area (Å²) in [5, 5.41) is 7.10. The van der Waals surface area contributed by atoms with Gasteiger partial charge in [-0.3, -0.25) is 4.79 Å². The Morgan fingerprint density at radius 1 is 1.38 bits per heavy atom. The first-order chi connectivity index (χ1) is 10.2. The molecule has 1 saturated heterocycles. The summed E-state index contributed by atoms with van der Waals surface area (Å²) in [4.78, 5) is 15.9. The smallest absolute Gasteiger partial charge is 0.263 e. The number of thioether (sulfide) groups is 1. The van der Waals surface area contributed by atoms with Crippen molar-refractivity contribution in [3.05, 3.63) is 4.88 Å². The number of rotatable bonds is 6. The Balaban J connectivity index is 1.97. The van der Waals surface area contributed by atoms with Crippen molar-refractivity contribution in [2.45, 2.75) is 24.2 Å². The lowest BCUT2D eigenvalue weighted by Gasteiger charge is -2.26. The lowest BCUT2D eigenvalue weighted by molar-refractivity contribution is 0.0968. The van der Waals surface area contributed by atoms with E-state index in [9.17, 15) is 4.79 Å². The lowest BCUT2D eigenvalue weighted by atomic mass is 10.1. The first-order valence-electron chi connectivity index (χ1n) is 7.32. The molecule has 1 aromatic heterocycles. The second-order valence-corrected chi connectivity index (χ2v) is 6.95. The third-order valence-corrected chi connectivity index (χ3v) is 5.82. The largest absolute Gasteiger partial charge is 0.396 e. The SMILES string of the molecule is CNC(=O)c1sc(NCCN2CCCCC2)c(SC)c1N. The maximum absolute atomic E-state index is 11.8. The molecule has 1 aromatic rings. The van der Waals surface area contributed by atoms with Gasteiger partial charge in [0.1, 0.15) is 9.88 Å². The first-order valence-corrected chi connectivity index (χ1v) is 9.36. The second kappa shape index (κ2) is 7.91. The maximum Gasteiger partial charge on any atom is 0.263 e. The van der Waals surface area contributed by atoms with Gasteiger partial charge >= 0.3 is 0 Å². The number of hydrogen-bond acceptors (Lipinski definition) is 6. The molecule has 7 heteroatoms. The highest BCUT2D eigenvalue weighted by atomic mass is 32.2. The average molecular weight is 329 g/mol. The van der Waals surface area contributed by atoms with Crippen molar-refractivity contribution < 1.29 is 4.79 Å². The molecular formula is C14H24N4OS2. The van der Waals surface area contributed by atoms with Gasteiger partial charge in [-0.25, -0.2) is 0 Å². The molecule has 1 amide bonds. The number of nitrogens with zero attached hydrogens (tertiary/aromatic N) is 1. The van der Waals surface area contributed by atoms with Crippen LogP contribution < -0.4 is 16.4 Å². The number of piperidine rings is 1. The molecule has 1 aliphatic rings. The van der Waals surface area contributed by atoms with E-state index in [0.29, 0.717) is 10.6 Å². The van der Waals surface area contributed by atoms with Gasteiger partial charge < -0.3 is 21.3 Å². The van der Waals surface area contributed by atoms with Crippen molar-refractivity contribution in [1.82, 2.24) is 10.2 Å². The molecule has 4 N–H and O–H groups in total. The lowest BCUT2D eigenvalue weighted by Crippen LogP contribution is -2.33. The quantitative estimate of drug-likeness (QED) is 0.699. The molecule has 0 atom stereocenters. The second-order valence-electron chi connectivity index (χ2n) is 5.12. The topological polar surface area (TPSA) is 70.4 Å². The number of nitrogens with one attached hydrogen (secondary N) is 2. The fourth-order valence-corrected chi connectivity index (χ4v) is 4.55. The van der Waals surface area contributed by atoms with Crippen molar-refractivity contribution in [2.24, 2.45) is 0 Å². The van der Waals surface area contributed by atoms with E-state index < -0.39 is 0 Å². The summed E-state index contributed by atoms with van der Waals surface area (Å²) < 4.78 is 0. The van der Waals surface area contributed by atoms with Gasteiger partial charge in [-0.15, -0.1) is 23.1 Å². The number of hydrogen-bond donors (Lipinski definition) is 3. The number of carbonyl (C=O) groups is 1. The summed E-state index contributed by atoms with van der Waals surface area (Å²) in [5.41, 5.74) is 6.67. The summed E-state index contributed by atoms with van der Waals surface area (Å²) in [6, 6.07) is 0. The number of nitrogens with two attached hydrogens (primary N) is 1. The Morgan fingerprint density at radius 3 is 2.71 bits per heavy atom. The Morgan fingerprint density at radius 2 is 2.10 bits per heavy atom. The first kappa shape index (κ1) is 16.5. The number of amides is 1. The highest BCUT2D eigenvalue weighted by Crippen LogP contribution is 2.41. The van der Waals surface area contributed by atoms with Crippen molar-refractivity contribution in [3.63, 3.8) is 0 Å². The maximum atomic E-state index is 11.8. The minimum atomic E-state index is -0.114. The van der Waals surface area contributed by atoms with E-state index in [1.807, 2.05) is 6.26 Å². The standard InChI is InChI=1S/C14H24N4OS2/c1-16-13(19)11-10(15)12(20-2)14(21-11)17-6-9-18-7-4-3-5-8-18/h17H,3-9,15H2,1-2H3,(H,16,19). The molecule has 0 radical (unpaired) electrons. The molecule has 118 valence electrons. The van der Waals surface area contributed by atoms with E-state index in [1.54, 1.807) is 18.8 Å². The summed E-state index contributed by atoms with van der Waals surface area (Å²) in [7, 11) is 1.63. The number of carbonyl (C=O) groups excluding carboxylic acids is 1. The monoisotopic (exact) mass is 328 g/mol. The molecule has 0 bridgehead atoms. The molecule has 0 aromatic carbocycles. The minimum Gasteiger partial charge on any atom is -0.396 e. The Kier molecular flexibility index (Phi) is 6.20. The van der Waals surface area contributed by atoms with E-state index in [4.69, 9.17) is 5.73 Å². The van der Waals surface area contributed by atoms with E-state index in [0.717, 1.165) is 23.0 Å². The number of anilines is 2. The summed E-state index contributed by atoms with van der Waals surface area (Å²) >= 11 is 3.03. The van der Waals surface area contributed by atoms with Gasteiger partial charge in [0, 0.05) is 20.1 Å². The molecule has 1 fully saturated rings. The highest BCUT2D eigenvalue weighted by molar-refractivity contribution is 7.99. The number of likely N-dealkylation sites (tertiary alicyclic amines) is 1. The number of thiophene rings is 1. The van der Waals surface area contributed by atoms with Crippen LogP contribution in [0.5, 0.6) is 0 Å². The Bertz CT molecular complexity index is 484. The predicted molar refractivity (Wildman–Crippen MR) is 92.7 cm³/mol. The molecule has 0 spiro atoms. The zero-order valence-corrected chi connectivity index (χ0v) is 14.3. The average Bonchev–Trinajstić information content (AvgIpc) is 2.83. The summed E-state index contributed by atoms with van der Waals surface area (Å²) in [6.07, 6.45) is 5.96. The van der Waals surface area contributed by atoms with Crippen LogP contribution in [-0.2, 0) is 0 Å². The van der Waals surface area contributed by atoms with Crippen LogP contribution in [0, 0.1) is 0 Å². The summed E-state index contributed by atoms with van der Waals surface area (Å²) in [5.74, 6) is -0.114. The molecule has 0 unspecified atom stereocenters. The zero-order valence-electron chi connectivity index (χ0n) is 12.7. The van der Waals surface area contributed by atoms with Gasteiger partial charge in [0.05, 0.1) is 10.6 Å². The van der Waals surface area contributed by atoms with E-state index in [1.165, 1.54) is 43.7 Å². The minimum absolute atomic E-state index is 0.114. The van der Waals surface area contributed by atoms with Crippen LogP contribution >= 0.6 is 23.1 Å². The van der Waals surface area contributed by atoms with Crippen molar-refractivity contribution in [3.8, 4) is 0 Å². The molecule has 1 aliphatic heterocycles. The number of nitrogen functional groups attached to an aromatic ring is 1. The van der Waals surface area contributed by atoms with Gasteiger partial charge in [-0.05, 0) is 32.2 Å². The van der Waals surface area contributed by atoms with Gasteiger partial charge in [0.25, 0.3) is 5.91 Å². The fourth-order valence-electron chi connectivity index (χ4n) is 2.54. The molecular weight excluding hydrogens is 304 g/mol.